The number of carboxylic acids is 1. The molecule has 3 atom stereocenters. The highest BCUT2D eigenvalue weighted by molar-refractivity contribution is 6.02. The first-order chi connectivity index (χ1) is 18.1. The van der Waals surface area contributed by atoms with Crippen molar-refractivity contribution in [2.24, 2.45) is 5.73 Å². The normalized spacial score (nSPS) is 22.9. The predicted octanol–water partition coefficient (Wildman–Crippen LogP) is 4.41. The molecule has 2 aliphatic heterocycles. The van der Waals surface area contributed by atoms with Gasteiger partial charge in [-0.2, -0.15) is 0 Å². The number of nitrogens with zero attached hydrogens (tertiary/aromatic N) is 1. The van der Waals surface area contributed by atoms with Gasteiger partial charge in [-0.1, -0.05) is 37.5 Å². The third-order valence-corrected chi connectivity index (χ3v) is 7.50. The summed E-state index contributed by atoms with van der Waals surface area (Å²) in [6, 6.07) is 12.9. The summed E-state index contributed by atoms with van der Waals surface area (Å²) >= 11 is 0. The Morgan fingerprint density at radius 2 is 2.08 bits per heavy atom. The summed E-state index contributed by atoms with van der Waals surface area (Å²) in [7, 11) is 0. The standard InChI is InChI=1S/C29H39N5O4/c1-19-8-7-14-29(2,33-19)13-4-3-5-15-34-23-17-22(32-18-25(35)36)11-12-24(23)38-26(28(34)37)20-9-6-10-21(16-20)27(30)31/h6,9-12,16-17,19,26,32-33H,3-5,7-8,13-15,18H2,1-2H3,(H3,30,31)(H,35,36)/t19-,26?,29+/m0/s1. The smallest absolute Gasteiger partial charge is 0.322 e. The summed E-state index contributed by atoms with van der Waals surface area (Å²) in [5.41, 5.74) is 8.25. The minimum absolute atomic E-state index is 0.0722. The number of carboxylic acid groups (broad SMARTS) is 1. The number of hydrogen-bond acceptors (Lipinski definition) is 6. The highest BCUT2D eigenvalue weighted by atomic mass is 16.5. The number of unbranched alkanes of at least 4 members (excludes halogenated alkanes) is 2. The average Bonchev–Trinajstić information content (AvgIpc) is 2.88. The van der Waals surface area contributed by atoms with Gasteiger partial charge in [-0.3, -0.25) is 15.0 Å². The number of ether oxygens (including phenoxy) is 1. The Hall–Kier alpha value is -3.59. The molecule has 2 heterocycles. The fourth-order valence-corrected chi connectivity index (χ4v) is 5.56. The molecule has 0 aliphatic carbocycles. The predicted molar refractivity (Wildman–Crippen MR) is 149 cm³/mol. The Kier molecular flexibility index (Phi) is 8.56. The SMILES string of the molecule is C[C@H]1CCC[C@@](C)(CCCCCN2C(=O)C(c3cccc(C(=N)N)c3)Oc3ccc(NCC(=O)O)cc32)N1. The number of nitrogens with one attached hydrogen (secondary N) is 3. The van der Waals surface area contributed by atoms with E-state index in [0.717, 1.165) is 25.7 Å². The molecule has 9 nitrogen and oxygen atoms in total. The highest BCUT2D eigenvalue weighted by Gasteiger charge is 2.36. The van der Waals surface area contributed by atoms with E-state index in [1.807, 2.05) is 0 Å². The molecule has 204 valence electrons. The molecule has 2 aromatic carbocycles. The monoisotopic (exact) mass is 521 g/mol. The van der Waals surface area contributed by atoms with Crippen molar-refractivity contribution in [2.75, 3.05) is 23.3 Å². The third-order valence-electron chi connectivity index (χ3n) is 7.50. The average molecular weight is 522 g/mol. The van der Waals surface area contributed by atoms with Gasteiger partial charge in [-0.15, -0.1) is 0 Å². The van der Waals surface area contributed by atoms with Gasteiger partial charge in [0.15, 0.2) is 0 Å². The summed E-state index contributed by atoms with van der Waals surface area (Å²) in [5.74, 6) is -0.676. The van der Waals surface area contributed by atoms with Crippen LogP contribution in [0, 0.1) is 5.41 Å². The quantitative estimate of drug-likeness (QED) is 0.167. The molecule has 0 bridgehead atoms. The number of nitrogens with two attached hydrogens (primary N) is 1. The number of nitrogen functional groups attached to an aromatic ring is 1. The molecule has 0 aromatic heterocycles. The summed E-state index contributed by atoms with van der Waals surface area (Å²) in [6.07, 6.45) is 6.84. The van der Waals surface area contributed by atoms with Crippen LogP contribution in [-0.2, 0) is 9.59 Å². The molecule has 0 spiro atoms. The Morgan fingerprint density at radius 1 is 1.26 bits per heavy atom. The lowest BCUT2D eigenvalue weighted by molar-refractivity contribution is -0.135. The molecule has 1 saturated heterocycles. The largest absolute Gasteiger partial charge is 0.480 e. The van der Waals surface area contributed by atoms with Gasteiger partial charge in [0.2, 0.25) is 6.10 Å². The Bertz CT molecular complexity index is 1190. The van der Waals surface area contributed by atoms with Crippen molar-refractivity contribution in [3.8, 4) is 5.75 Å². The number of fused-ring (bicyclic) bond motifs is 1. The van der Waals surface area contributed by atoms with Crippen LogP contribution in [0.15, 0.2) is 42.5 Å². The van der Waals surface area contributed by atoms with Gasteiger partial charge in [0.1, 0.15) is 18.1 Å². The molecule has 2 aromatic rings. The van der Waals surface area contributed by atoms with Crippen LogP contribution in [0.2, 0.25) is 0 Å². The molecule has 9 heteroatoms. The second kappa shape index (κ2) is 11.9. The van der Waals surface area contributed by atoms with Crippen molar-refractivity contribution < 1.29 is 19.4 Å². The number of anilines is 2. The van der Waals surface area contributed by atoms with E-state index in [1.54, 1.807) is 47.4 Å². The molecule has 38 heavy (non-hydrogen) atoms. The molecule has 2 aliphatic rings. The summed E-state index contributed by atoms with van der Waals surface area (Å²) < 4.78 is 6.15. The maximum Gasteiger partial charge on any atom is 0.322 e. The van der Waals surface area contributed by atoms with Crippen molar-refractivity contribution in [1.82, 2.24) is 5.32 Å². The molecule has 1 amide bonds. The maximum absolute atomic E-state index is 13.7. The van der Waals surface area contributed by atoms with Crippen LogP contribution in [-0.4, -0.2) is 47.5 Å². The van der Waals surface area contributed by atoms with Gasteiger partial charge in [0, 0.05) is 34.9 Å². The lowest BCUT2D eigenvalue weighted by Crippen LogP contribution is -2.50. The number of aliphatic carboxylic acids is 1. The number of hydrogen-bond donors (Lipinski definition) is 5. The molecule has 0 radical (unpaired) electrons. The number of piperidine rings is 1. The van der Waals surface area contributed by atoms with Gasteiger partial charge in [-0.05, 0) is 63.8 Å². The topological polar surface area (TPSA) is 141 Å². The van der Waals surface area contributed by atoms with E-state index in [0.29, 0.717) is 40.8 Å². The second-order valence-electron chi connectivity index (χ2n) is 10.8. The maximum atomic E-state index is 13.7. The number of rotatable bonds is 11. The van der Waals surface area contributed by atoms with Crippen LogP contribution in [0.4, 0.5) is 11.4 Å². The van der Waals surface area contributed by atoms with Crippen LogP contribution in [0.25, 0.3) is 0 Å². The third kappa shape index (κ3) is 6.64. The molecule has 0 saturated carbocycles. The lowest BCUT2D eigenvalue weighted by Gasteiger charge is -2.39. The van der Waals surface area contributed by atoms with E-state index in [4.69, 9.17) is 21.0 Å². The van der Waals surface area contributed by atoms with E-state index in [9.17, 15) is 9.59 Å². The molecular weight excluding hydrogens is 482 g/mol. The van der Waals surface area contributed by atoms with Gasteiger partial charge in [-0.25, -0.2) is 0 Å². The minimum Gasteiger partial charge on any atom is -0.480 e. The summed E-state index contributed by atoms with van der Waals surface area (Å²) in [5, 5.41) is 23.4. The van der Waals surface area contributed by atoms with Crippen molar-refractivity contribution in [3.05, 3.63) is 53.6 Å². The summed E-state index contributed by atoms with van der Waals surface area (Å²) in [4.78, 5) is 26.5. The van der Waals surface area contributed by atoms with Crippen molar-refractivity contribution in [2.45, 2.75) is 76.5 Å². The fraction of sp³-hybridized carbons (Fsp3) is 0.483. The van der Waals surface area contributed by atoms with Crippen molar-refractivity contribution in [3.63, 3.8) is 0 Å². The number of carbonyl (C=O) groups excluding carboxylic acids is 1. The van der Waals surface area contributed by atoms with E-state index < -0.39 is 12.1 Å². The fourth-order valence-electron chi connectivity index (χ4n) is 5.56. The zero-order valence-corrected chi connectivity index (χ0v) is 22.3. The lowest BCUT2D eigenvalue weighted by atomic mass is 9.84. The van der Waals surface area contributed by atoms with Crippen LogP contribution in [0.1, 0.15) is 76.0 Å². The van der Waals surface area contributed by atoms with Gasteiger partial charge in [0.05, 0.1) is 5.69 Å². The number of amidine groups is 1. The van der Waals surface area contributed by atoms with Crippen LogP contribution in [0.3, 0.4) is 0 Å². The number of amides is 1. The Balaban J connectivity index is 1.49. The first-order valence-corrected chi connectivity index (χ1v) is 13.4. The zero-order chi connectivity index (χ0) is 27.3. The van der Waals surface area contributed by atoms with Crippen molar-refractivity contribution in [1.29, 1.82) is 5.41 Å². The Morgan fingerprint density at radius 3 is 2.82 bits per heavy atom. The molecule has 1 fully saturated rings. The zero-order valence-electron chi connectivity index (χ0n) is 22.3. The first kappa shape index (κ1) is 27.4. The summed E-state index contributed by atoms with van der Waals surface area (Å²) in [6.45, 7) is 4.87. The van der Waals surface area contributed by atoms with Crippen molar-refractivity contribution >= 4 is 29.1 Å². The number of carbonyl (C=O) groups is 2. The molecule has 6 N–H and O–H groups in total. The van der Waals surface area contributed by atoms with E-state index in [-0.39, 0.29) is 23.8 Å². The van der Waals surface area contributed by atoms with Crippen LogP contribution in [0.5, 0.6) is 5.75 Å². The first-order valence-electron chi connectivity index (χ1n) is 13.4. The van der Waals surface area contributed by atoms with Crippen LogP contribution < -0.4 is 26.0 Å². The van der Waals surface area contributed by atoms with Crippen LogP contribution >= 0.6 is 0 Å². The second-order valence-corrected chi connectivity index (χ2v) is 10.8. The highest BCUT2D eigenvalue weighted by Crippen LogP contribution is 2.41. The molecule has 1 unspecified atom stereocenters. The van der Waals surface area contributed by atoms with Gasteiger partial charge < -0.3 is 31.1 Å². The van der Waals surface area contributed by atoms with Gasteiger partial charge >= 0.3 is 5.97 Å². The molecular formula is C29H39N5O4. The van der Waals surface area contributed by atoms with E-state index in [1.165, 1.54) is 19.3 Å². The van der Waals surface area contributed by atoms with E-state index >= 15 is 0 Å². The van der Waals surface area contributed by atoms with Gasteiger partial charge in [0.25, 0.3) is 5.91 Å². The Labute approximate surface area is 224 Å². The number of benzene rings is 2. The molecule has 4 rings (SSSR count). The minimum atomic E-state index is -0.965. The van der Waals surface area contributed by atoms with E-state index in [2.05, 4.69) is 24.5 Å².